The molecule has 12 nitrogen and oxygen atoms in total. The Kier molecular flexibility index (Phi) is 13.9. The molecule has 0 heterocycles. The van der Waals surface area contributed by atoms with Gasteiger partial charge < -0.3 is 51.1 Å². The maximum Gasteiger partial charge on any atom is 0.189 e. The van der Waals surface area contributed by atoms with Gasteiger partial charge in [-0.2, -0.15) is 0 Å². The largest absolute Gasteiger partial charge is 0.394 e. The number of aliphatic hydroxyl groups excluding tert-OH is 10. The van der Waals surface area contributed by atoms with Crippen molar-refractivity contribution in [3.8, 4) is 0 Å². The fourth-order valence-corrected chi connectivity index (χ4v) is 1.20. The van der Waals surface area contributed by atoms with Crippen LogP contribution in [0.25, 0.3) is 0 Å². The molecule has 0 saturated carbocycles. The van der Waals surface area contributed by atoms with Crippen molar-refractivity contribution in [3.63, 3.8) is 0 Å². The van der Waals surface area contributed by atoms with Gasteiger partial charge in [-0.15, -0.1) is 0 Å². The van der Waals surface area contributed by atoms with Crippen LogP contribution in [-0.2, 0) is 9.59 Å². The van der Waals surface area contributed by atoms with E-state index in [1.807, 2.05) is 0 Å². The van der Waals surface area contributed by atoms with Gasteiger partial charge in [0.15, 0.2) is 11.6 Å². The lowest BCUT2D eigenvalue weighted by molar-refractivity contribution is -0.143. The number of hydrogen-bond acceptors (Lipinski definition) is 12. The lowest BCUT2D eigenvalue weighted by Gasteiger charge is -2.19. The van der Waals surface area contributed by atoms with Crippen molar-refractivity contribution in [2.75, 3.05) is 26.4 Å². The average Bonchev–Trinajstić information content (AvgIpc) is 2.62. The predicted octanol–water partition coefficient (Wildman–Crippen LogP) is -6.75. The van der Waals surface area contributed by atoms with E-state index in [1.165, 1.54) is 0 Å². The van der Waals surface area contributed by atoms with Gasteiger partial charge in [0.25, 0.3) is 0 Å². The highest BCUT2D eigenvalue weighted by atomic mass is 16.4. The standard InChI is InChI=1S/2C6H12O6/c2*7-1-3(9)5(11)6(12)4(10)2-8/h2*3,5-9,11-12H,1-2H2/t3-,5-,6+;3-,5-,6-/m00/s1. The molecule has 0 spiro atoms. The second-order valence-corrected chi connectivity index (χ2v) is 4.62. The molecule has 0 amide bonds. The van der Waals surface area contributed by atoms with Crippen molar-refractivity contribution >= 4 is 11.6 Å². The molecule has 0 fully saturated rings. The van der Waals surface area contributed by atoms with Crippen molar-refractivity contribution in [1.29, 1.82) is 0 Å². The monoisotopic (exact) mass is 360 g/mol. The molecular weight excluding hydrogens is 336 g/mol. The Morgan fingerprint density at radius 2 is 0.833 bits per heavy atom. The van der Waals surface area contributed by atoms with Gasteiger partial charge in [0.05, 0.1) is 13.2 Å². The van der Waals surface area contributed by atoms with Crippen LogP contribution >= 0.6 is 0 Å². The van der Waals surface area contributed by atoms with Crippen molar-refractivity contribution in [2.45, 2.75) is 36.6 Å². The van der Waals surface area contributed by atoms with Gasteiger partial charge in [-0.05, 0) is 0 Å². The Bertz CT molecular complexity index is 328. The van der Waals surface area contributed by atoms with Crippen LogP contribution in [0.3, 0.4) is 0 Å². The first-order chi connectivity index (χ1) is 11.1. The highest BCUT2D eigenvalue weighted by Crippen LogP contribution is 2.01. The van der Waals surface area contributed by atoms with Crippen molar-refractivity contribution in [3.05, 3.63) is 0 Å². The van der Waals surface area contributed by atoms with E-state index in [2.05, 4.69) is 0 Å². The van der Waals surface area contributed by atoms with Crippen LogP contribution in [0.15, 0.2) is 0 Å². The Morgan fingerprint density at radius 1 is 0.583 bits per heavy atom. The van der Waals surface area contributed by atoms with Crippen LogP contribution in [0, 0.1) is 0 Å². The average molecular weight is 360 g/mol. The molecule has 24 heavy (non-hydrogen) atoms. The molecule has 6 atom stereocenters. The number of hydrogen-bond donors (Lipinski definition) is 10. The van der Waals surface area contributed by atoms with Gasteiger partial charge in [-0.25, -0.2) is 0 Å². The molecule has 144 valence electrons. The lowest BCUT2D eigenvalue weighted by Crippen LogP contribution is -2.44. The quantitative estimate of drug-likeness (QED) is 0.175. The zero-order chi connectivity index (χ0) is 19.4. The summed E-state index contributed by atoms with van der Waals surface area (Å²) in [6.45, 7) is -3.37. The summed E-state index contributed by atoms with van der Waals surface area (Å²) >= 11 is 0. The van der Waals surface area contributed by atoms with Crippen molar-refractivity contribution in [1.82, 2.24) is 0 Å². The molecule has 0 saturated heterocycles. The van der Waals surface area contributed by atoms with E-state index in [0.29, 0.717) is 0 Å². The molecule has 0 aliphatic carbocycles. The third-order valence-electron chi connectivity index (χ3n) is 2.78. The van der Waals surface area contributed by atoms with Crippen LogP contribution in [0.1, 0.15) is 0 Å². The predicted molar refractivity (Wildman–Crippen MR) is 74.4 cm³/mol. The molecule has 0 bridgehead atoms. The van der Waals surface area contributed by atoms with Crippen LogP contribution in [0.5, 0.6) is 0 Å². The van der Waals surface area contributed by atoms with E-state index in [4.69, 9.17) is 51.1 Å². The molecule has 10 N–H and O–H groups in total. The summed E-state index contributed by atoms with van der Waals surface area (Å²) in [7, 11) is 0. The van der Waals surface area contributed by atoms with E-state index in [1.54, 1.807) is 0 Å². The van der Waals surface area contributed by atoms with Crippen LogP contribution in [0.4, 0.5) is 0 Å². The molecule has 0 aromatic rings. The van der Waals surface area contributed by atoms with E-state index in [-0.39, 0.29) is 0 Å². The fourth-order valence-electron chi connectivity index (χ4n) is 1.20. The topological polar surface area (TPSA) is 236 Å². The molecule has 0 radical (unpaired) electrons. The van der Waals surface area contributed by atoms with E-state index in [0.717, 1.165) is 0 Å². The first-order valence-electron chi connectivity index (χ1n) is 6.66. The molecule has 0 rings (SSSR count). The summed E-state index contributed by atoms with van der Waals surface area (Å²) in [5.41, 5.74) is 0. The SMILES string of the molecule is O=C(CO)[C@@H](O)[C@@H](O)[C@@H](O)CO.O=C(CO)[C@H](O)[C@@H](O)[C@@H](O)CO. The minimum absolute atomic E-state index is 0.767. The normalized spacial score (nSPS) is 18.4. The third kappa shape index (κ3) is 8.70. The molecule has 0 aliphatic heterocycles. The Balaban J connectivity index is 0. The number of aliphatic hydroxyl groups is 10. The van der Waals surface area contributed by atoms with Crippen LogP contribution in [0.2, 0.25) is 0 Å². The summed E-state index contributed by atoms with van der Waals surface area (Å²) in [5.74, 6) is -2.01. The smallest absolute Gasteiger partial charge is 0.189 e. The van der Waals surface area contributed by atoms with Crippen LogP contribution < -0.4 is 0 Å². The first kappa shape index (κ1) is 25.2. The van der Waals surface area contributed by atoms with Gasteiger partial charge in [0, 0.05) is 0 Å². The fraction of sp³-hybridized carbons (Fsp3) is 0.833. The molecule has 0 unspecified atom stereocenters. The van der Waals surface area contributed by atoms with Crippen molar-refractivity contribution in [2.24, 2.45) is 0 Å². The summed E-state index contributed by atoms with van der Waals surface area (Å²) in [6.07, 6.45) is -10.4. The minimum atomic E-state index is -1.86. The zero-order valence-corrected chi connectivity index (χ0v) is 12.6. The molecule has 0 aromatic heterocycles. The second kappa shape index (κ2) is 13.3. The first-order valence-corrected chi connectivity index (χ1v) is 6.66. The molecule has 0 aliphatic rings. The summed E-state index contributed by atoms with van der Waals surface area (Å²) in [4.78, 5) is 21.0. The maximum atomic E-state index is 10.5. The second-order valence-electron chi connectivity index (χ2n) is 4.62. The highest BCUT2D eigenvalue weighted by Gasteiger charge is 2.29. The Morgan fingerprint density at radius 3 is 1.00 bits per heavy atom. The number of Topliss-reactive ketones (excluding diaryl/α,β-unsaturated/α-hetero) is 2. The third-order valence-corrected chi connectivity index (χ3v) is 2.78. The molecular formula is C12H24O12. The zero-order valence-electron chi connectivity index (χ0n) is 12.6. The van der Waals surface area contributed by atoms with Gasteiger partial charge >= 0.3 is 0 Å². The Labute approximate surface area is 136 Å². The lowest BCUT2D eigenvalue weighted by atomic mass is 10.1. The number of carbonyl (C=O) groups excluding carboxylic acids is 2. The molecule has 12 heteroatoms. The number of rotatable bonds is 10. The van der Waals surface area contributed by atoms with Gasteiger partial charge in [-0.3, -0.25) is 9.59 Å². The van der Waals surface area contributed by atoms with Crippen LogP contribution in [-0.4, -0.2) is 126 Å². The summed E-state index contributed by atoms with van der Waals surface area (Å²) < 4.78 is 0. The van der Waals surface area contributed by atoms with E-state index >= 15 is 0 Å². The summed E-state index contributed by atoms with van der Waals surface area (Å²) in [6, 6.07) is 0. The molecule has 0 aromatic carbocycles. The number of carbonyl (C=O) groups is 2. The summed E-state index contributed by atoms with van der Waals surface area (Å²) in [5, 5.41) is 86.1. The maximum absolute atomic E-state index is 10.5. The minimum Gasteiger partial charge on any atom is -0.394 e. The van der Waals surface area contributed by atoms with Gasteiger partial charge in [0.2, 0.25) is 0 Å². The van der Waals surface area contributed by atoms with Gasteiger partial charge in [-0.1, -0.05) is 0 Å². The highest BCUT2D eigenvalue weighted by molar-refractivity contribution is 5.84. The Hall–Kier alpha value is -1.06. The number of ketones is 2. The van der Waals surface area contributed by atoms with E-state index < -0.39 is 74.6 Å². The van der Waals surface area contributed by atoms with Crippen molar-refractivity contribution < 1.29 is 60.7 Å². The van der Waals surface area contributed by atoms with Gasteiger partial charge in [0.1, 0.15) is 49.8 Å². The van der Waals surface area contributed by atoms with E-state index in [9.17, 15) is 9.59 Å².